The number of H-pyrrole nitrogens is 1. The van der Waals surface area contributed by atoms with Gasteiger partial charge in [0.25, 0.3) is 0 Å². The third kappa shape index (κ3) is 5.73. The van der Waals surface area contributed by atoms with Gasteiger partial charge in [-0.05, 0) is 30.1 Å². The first kappa shape index (κ1) is 20.8. The van der Waals surface area contributed by atoms with E-state index in [9.17, 15) is 19.5 Å². The average Bonchev–Trinajstić information content (AvgIpc) is 3.07. The number of thioether (sulfide) groups is 1. The number of amides is 2. The van der Waals surface area contributed by atoms with Gasteiger partial charge in [-0.25, -0.2) is 4.79 Å². The summed E-state index contributed by atoms with van der Waals surface area (Å²) in [5.41, 5.74) is 6.99. The van der Waals surface area contributed by atoms with Gasteiger partial charge >= 0.3 is 5.97 Å². The molecule has 8 nitrogen and oxygen atoms in total. The number of benzene rings is 1. The molecule has 0 saturated heterocycles. The first-order valence-electron chi connectivity index (χ1n) is 8.52. The van der Waals surface area contributed by atoms with E-state index in [0.717, 1.165) is 16.5 Å². The van der Waals surface area contributed by atoms with Crippen LogP contribution in [0.25, 0.3) is 10.9 Å². The van der Waals surface area contributed by atoms with Crippen molar-refractivity contribution in [2.24, 2.45) is 5.73 Å². The van der Waals surface area contributed by atoms with Crippen molar-refractivity contribution in [1.29, 1.82) is 0 Å². The second-order valence-corrected chi connectivity index (χ2v) is 7.05. The maximum atomic E-state index is 12.6. The number of hydrogen-bond acceptors (Lipinski definition) is 5. The molecule has 0 bridgehead atoms. The zero-order valence-electron chi connectivity index (χ0n) is 15.0. The third-order valence-corrected chi connectivity index (χ3v) is 4.81. The summed E-state index contributed by atoms with van der Waals surface area (Å²) in [4.78, 5) is 38.9. The Labute approximate surface area is 161 Å². The van der Waals surface area contributed by atoms with Gasteiger partial charge in [0.15, 0.2) is 0 Å². The maximum Gasteiger partial charge on any atom is 0.326 e. The Hall–Kier alpha value is -2.52. The summed E-state index contributed by atoms with van der Waals surface area (Å²) in [5.74, 6) is -1.48. The van der Waals surface area contributed by atoms with Crippen LogP contribution in [0.4, 0.5) is 0 Å². The Morgan fingerprint density at radius 2 is 1.96 bits per heavy atom. The molecule has 1 aromatic heterocycles. The highest BCUT2D eigenvalue weighted by atomic mass is 32.2. The Bertz CT molecular complexity index is 808. The Kier molecular flexibility index (Phi) is 7.68. The van der Waals surface area contributed by atoms with E-state index in [2.05, 4.69) is 15.6 Å². The van der Waals surface area contributed by atoms with Gasteiger partial charge in [0, 0.05) is 23.5 Å². The van der Waals surface area contributed by atoms with Gasteiger partial charge in [0.05, 0.1) is 6.54 Å². The Balaban J connectivity index is 2.11. The minimum Gasteiger partial charge on any atom is -0.480 e. The number of fused-ring (bicyclic) bond motifs is 1. The highest BCUT2D eigenvalue weighted by Crippen LogP contribution is 2.19. The molecule has 27 heavy (non-hydrogen) atoms. The van der Waals surface area contributed by atoms with Crippen molar-refractivity contribution < 1.29 is 19.5 Å². The Morgan fingerprint density at radius 3 is 2.63 bits per heavy atom. The lowest BCUT2D eigenvalue weighted by molar-refractivity contribution is -0.142. The molecular weight excluding hydrogens is 368 g/mol. The standard InChI is InChI=1S/C18H24N4O4S/c1-27-7-6-14(21-16(23)9-19)17(24)22-15(18(25)26)8-11-10-20-13-5-3-2-4-12(11)13/h2-5,10,14-15,20H,6-9,19H2,1H3,(H,21,23)(H,22,24)(H,25,26)/t14-,15-/m0/s1. The molecule has 0 aliphatic heterocycles. The molecular formula is C18H24N4O4S. The van der Waals surface area contributed by atoms with Crippen LogP contribution in [-0.2, 0) is 20.8 Å². The first-order chi connectivity index (χ1) is 13.0. The normalized spacial score (nSPS) is 13.1. The predicted molar refractivity (Wildman–Crippen MR) is 106 cm³/mol. The zero-order chi connectivity index (χ0) is 19.8. The number of hydrogen-bond donors (Lipinski definition) is 5. The van der Waals surface area contributed by atoms with Gasteiger partial charge in [0.1, 0.15) is 12.1 Å². The topological polar surface area (TPSA) is 137 Å². The van der Waals surface area contributed by atoms with E-state index in [-0.39, 0.29) is 13.0 Å². The summed E-state index contributed by atoms with van der Waals surface area (Å²) in [6.07, 6.45) is 4.15. The highest BCUT2D eigenvalue weighted by molar-refractivity contribution is 7.98. The molecule has 0 aliphatic rings. The molecule has 0 radical (unpaired) electrons. The fraction of sp³-hybridized carbons (Fsp3) is 0.389. The summed E-state index contributed by atoms with van der Waals surface area (Å²) in [7, 11) is 0. The van der Waals surface area contributed by atoms with Crippen LogP contribution in [0.2, 0.25) is 0 Å². The molecule has 0 unspecified atom stereocenters. The number of para-hydroxylation sites is 1. The summed E-state index contributed by atoms with van der Waals surface area (Å²) in [6.45, 7) is -0.235. The maximum absolute atomic E-state index is 12.6. The van der Waals surface area contributed by atoms with Crippen molar-refractivity contribution in [1.82, 2.24) is 15.6 Å². The average molecular weight is 392 g/mol. The molecule has 1 aromatic carbocycles. The number of aliphatic carboxylic acids is 1. The lowest BCUT2D eigenvalue weighted by Gasteiger charge is -2.21. The van der Waals surface area contributed by atoms with Gasteiger partial charge in [-0.15, -0.1) is 0 Å². The number of carbonyl (C=O) groups excluding carboxylic acids is 2. The summed E-state index contributed by atoms with van der Waals surface area (Å²) in [6, 6.07) is 5.62. The van der Waals surface area contributed by atoms with Crippen LogP contribution < -0.4 is 16.4 Å². The highest BCUT2D eigenvalue weighted by Gasteiger charge is 2.27. The SMILES string of the molecule is CSCC[C@H](NC(=O)CN)C(=O)N[C@@H](Cc1c[nH]c2ccccc12)C(=O)O. The van der Waals surface area contributed by atoms with Crippen LogP contribution in [0.5, 0.6) is 0 Å². The minimum absolute atomic E-state index is 0.130. The lowest BCUT2D eigenvalue weighted by Crippen LogP contribution is -2.53. The van der Waals surface area contributed by atoms with Crippen LogP contribution in [0, 0.1) is 0 Å². The molecule has 2 aromatic rings. The number of aromatic amines is 1. The second-order valence-electron chi connectivity index (χ2n) is 6.07. The quantitative estimate of drug-likeness (QED) is 0.399. The van der Waals surface area contributed by atoms with Crippen molar-refractivity contribution in [3.8, 4) is 0 Å². The van der Waals surface area contributed by atoms with Gasteiger partial charge in [-0.2, -0.15) is 11.8 Å². The number of aromatic nitrogens is 1. The van der Waals surface area contributed by atoms with E-state index in [4.69, 9.17) is 5.73 Å². The van der Waals surface area contributed by atoms with E-state index in [1.807, 2.05) is 30.5 Å². The Morgan fingerprint density at radius 1 is 1.22 bits per heavy atom. The van der Waals surface area contributed by atoms with E-state index < -0.39 is 29.9 Å². The van der Waals surface area contributed by atoms with Crippen LogP contribution in [-0.4, -0.2) is 58.5 Å². The predicted octanol–water partition coefficient (Wildman–Crippen LogP) is 0.476. The summed E-state index contributed by atoms with van der Waals surface area (Å²) >= 11 is 1.53. The minimum atomic E-state index is -1.14. The lowest BCUT2D eigenvalue weighted by atomic mass is 10.0. The van der Waals surface area contributed by atoms with Gasteiger partial charge < -0.3 is 26.5 Å². The molecule has 0 spiro atoms. The summed E-state index contributed by atoms with van der Waals surface area (Å²) < 4.78 is 0. The molecule has 6 N–H and O–H groups in total. The van der Waals surface area contributed by atoms with Crippen molar-refractivity contribution in [2.45, 2.75) is 24.9 Å². The second kappa shape index (κ2) is 9.98. The molecule has 0 saturated carbocycles. The van der Waals surface area contributed by atoms with Crippen molar-refractivity contribution >= 4 is 40.4 Å². The van der Waals surface area contributed by atoms with E-state index >= 15 is 0 Å². The van der Waals surface area contributed by atoms with Crippen LogP contribution in [0.3, 0.4) is 0 Å². The van der Waals surface area contributed by atoms with E-state index in [1.54, 1.807) is 6.20 Å². The van der Waals surface area contributed by atoms with E-state index in [0.29, 0.717) is 12.2 Å². The van der Waals surface area contributed by atoms with Gasteiger partial charge in [0.2, 0.25) is 11.8 Å². The van der Waals surface area contributed by atoms with Gasteiger partial charge in [-0.3, -0.25) is 9.59 Å². The monoisotopic (exact) mass is 392 g/mol. The largest absolute Gasteiger partial charge is 0.480 e. The van der Waals surface area contributed by atoms with Crippen LogP contribution in [0.15, 0.2) is 30.5 Å². The molecule has 9 heteroatoms. The number of carboxylic acid groups (broad SMARTS) is 1. The fourth-order valence-electron chi connectivity index (χ4n) is 2.75. The number of carbonyl (C=O) groups is 3. The number of nitrogens with two attached hydrogens (primary N) is 1. The van der Waals surface area contributed by atoms with Crippen LogP contribution in [0.1, 0.15) is 12.0 Å². The number of nitrogens with one attached hydrogen (secondary N) is 3. The smallest absolute Gasteiger partial charge is 0.326 e. The van der Waals surface area contributed by atoms with Crippen molar-refractivity contribution in [3.63, 3.8) is 0 Å². The third-order valence-electron chi connectivity index (χ3n) is 4.16. The molecule has 146 valence electrons. The molecule has 2 rings (SSSR count). The number of rotatable bonds is 10. The summed E-state index contributed by atoms with van der Waals surface area (Å²) in [5, 5.41) is 15.5. The van der Waals surface area contributed by atoms with E-state index in [1.165, 1.54) is 11.8 Å². The zero-order valence-corrected chi connectivity index (χ0v) is 15.8. The molecule has 0 aliphatic carbocycles. The molecule has 2 amide bonds. The first-order valence-corrected chi connectivity index (χ1v) is 9.92. The molecule has 2 atom stereocenters. The molecule has 1 heterocycles. The fourth-order valence-corrected chi connectivity index (χ4v) is 3.22. The number of carboxylic acids is 1. The molecule has 0 fully saturated rings. The van der Waals surface area contributed by atoms with Crippen LogP contribution >= 0.6 is 11.8 Å². The van der Waals surface area contributed by atoms with Crippen molar-refractivity contribution in [2.75, 3.05) is 18.6 Å². The van der Waals surface area contributed by atoms with Gasteiger partial charge in [-0.1, -0.05) is 18.2 Å². The van der Waals surface area contributed by atoms with Crippen molar-refractivity contribution in [3.05, 3.63) is 36.0 Å².